The lowest BCUT2D eigenvalue weighted by Crippen LogP contribution is -1.87. The van der Waals surface area contributed by atoms with Crippen LogP contribution in [-0.4, -0.2) is 9.61 Å². The maximum absolute atomic E-state index is 13.1. The van der Waals surface area contributed by atoms with Gasteiger partial charge in [0.25, 0.3) is 0 Å². The van der Waals surface area contributed by atoms with Gasteiger partial charge in [0.2, 0.25) is 0 Å². The van der Waals surface area contributed by atoms with E-state index >= 15 is 0 Å². The maximum Gasteiger partial charge on any atom is 0.126 e. The van der Waals surface area contributed by atoms with Crippen molar-refractivity contribution in [3.05, 3.63) is 60.3 Å². The topological polar surface area (TPSA) is 17.3 Å². The van der Waals surface area contributed by atoms with E-state index in [9.17, 15) is 8.78 Å². The third-order valence-electron chi connectivity index (χ3n) is 2.53. The van der Waals surface area contributed by atoms with Crippen molar-refractivity contribution in [2.24, 2.45) is 0 Å². The zero-order valence-electron chi connectivity index (χ0n) is 8.77. The molecule has 0 N–H and O–H groups in total. The van der Waals surface area contributed by atoms with E-state index in [1.807, 2.05) is 18.2 Å². The highest BCUT2D eigenvalue weighted by atomic mass is 19.1. The van der Waals surface area contributed by atoms with Gasteiger partial charge >= 0.3 is 0 Å². The van der Waals surface area contributed by atoms with E-state index in [1.165, 1.54) is 12.1 Å². The van der Waals surface area contributed by atoms with Gasteiger partial charge in [-0.3, -0.25) is 0 Å². The van der Waals surface area contributed by atoms with Crippen molar-refractivity contribution in [2.75, 3.05) is 0 Å². The highest BCUT2D eigenvalue weighted by Gasteiger charge is 2.07. The second-order valence-electron chi connectivity index (χ2n) is 3.76. The molecule has 0 saturated carbocycles. The van der Waals surface area contributed by atoms with Crippen LogP contribution in [0, 0.1) is 11.6 Å². The van der Waals surface area contributed by atoms with E-state index < -0.39 is 11.6 Å². The fourth-order valence-corrected chi connectivity index (χ4v) is 1.78. The molecule has 0 aliphatic rings. The Labute approximate surface area is 96.1 Å². The molecule has 3 rings (SSSR count). The summed E-state index contributed by atoms with van der Waals surface area (Å²) in [6.07, 6.45) is 1.79. The Morgan fingerprint density at radius 1 is 0.941 bits per heavy atom. The molecule has 84 valence electrons. The summed E-state index contributed by atoms with van der Waals surface area (Å²) in [4.78, 5) is 0. The molecule has 0 unspecified atom stereocenters. The molecule has 3 aromatic rings. The third kappa shape index (κ3) is 1.78. The molecule has 0 atom stereocenters. The standard InChI is InChI=1S/C13H8F2N2/c14-10-5-9(6-11(15)7-10)13-8-12-3-1-2-4-17(12)16-13/h1-8H. The molecule has 0 amide bonds. The number of aromatic nitrogens is 2. The van der Waals surface area contributed by atoms with E-state index in [0.29, 0.717) is 11.3 Å². The molecular weight excluding hydrogens is 222 g/mol. The SMILES string of the molecule is Fc1cc(F)cc(-c2cc3ccccn3n2)c1. The number of hydrogen-bond donors (Lipinski definition) is 0. The van der Waals surface area contributed by atoms with E-state index in [4.69, 9.17) is 0 Å². The predicted molar refractivity (Wildman–Crippen MR) is 60.5 cm³/mol. The molecule has 0 spiro atoms. The Kier molecular flexibility index (Phi) is 2.14. The largest absolute Gasteiger partial charge is 0.240 e. The summed E-state index contributed by atoms with van der Waals surface area (Å²) in [6.45, 7) is 0. The number of halogens is 2. The van der Waals surface area contributed by atoms with Gasteiger partial charge < -0.3 is 0 Å². The monoisotopic (exact) mass is 230 g/mol. The van der Waals surface area contributed by atoms with Crippen LogP contribution in [0.25, 0.3) is 16.8 Å². The van der Waals surface area contributed by atoms with Gasteiger partial charge in [0, 0.05) is 17.8 Å². The van der Waals surface area contributed by atoms with Crippen LogP contribution < -0.4 is 0 Å². The second-order valence-corrected chi connectivity index (χ2v) is 3.76. The minimum Gasteiger partial charge on any atom is -0.240 e. The first-order valence-corrected chi connectivity index (χ1v) is 5.13. The van der Waals surface area contributed by atoms with Crippen LogP contribution in [0.15, 0.2) is 48.7 Å². The number of benzene rings is 1. The molecule has 0 radical (unpaired) electrons. The third-order valence-corrected chi connectivity index (χ3v) is 2.53. The lowest BCUT2D eigenvalue weighted by Gasteiger charge is -1.97. The number of rotatable bonds is 1. The Morgan fingerprint density at radius 2 is 1.71 bits per heavy atom. The van der Waals surface area contributed by atoms with Gasteiger partial charge in [0.15, 0.2) is 0 Å². The fourth-order valence-electron chi connectivity index (χ4n) is 1.78. The van der Waals surface area contributed by atoms with Crippen molar-refractivity contribution in [3.8, 4) is 11.3 Å². The van der Waals surface area contributed by atoms with Crippen LogP contribution in [0.5, 0.6) is 0 Å². The Bertz CT molecular complexity index is 635. The number of nitrogens with zero attached hydrogens (tertiary/aromatic N) is 2. The normalized spacial score (nSPS) is 10.9. The Hall–Kier alpha value is -2.23. The molecule has 0 aliphatic carbocycles. The zero-order valence-corrected chi connectivity index (χ0v) is 8.77. The van der Waals surface area contributed by atoms with Crippen molar-refractivity contribution < 1.29 is 8.78 Å². The highest BCUT2D eigenvalue weighted by Crippen LogP contribution is 2.21. The molecular formula is C13H8F2N2. The first-order valence-electron chi connectivity index (χ1n) is 5.13. The van der Waals surface area contributed by atoms with E-state index in [2.05, 4.69) is 5.10 Å². The van der Waals surface area contributed by atoms with Crippen molar-refractivity contribution >= 4 is 5.52 Å². The van der Waals surface area contributed by atoms with Crippen LogP contribution in [-0.2, 0) is 0 Å². The van der Waals surface area contributed by atoms with Crippen LogP contribution in [0.1, 0.15) is 0 Å². The molecule has 2 nitrogen and oxygen atoms in total. The average Bonchev–Trinajstić information content (AvgIpc) is 2.71. The molecule has 0 saturated heterocycles. The zero-order chi connectivity index (χ0) is 11.8. The van der Waals surface area contributed by atoms with Gasteiger partial charge in [-0.1, -0.05) is 6.07 Å². The second kappa shape index (κ2) is 3.66. The van der Waals surface area contributed by atoms with Crippen molar-refractivity contribution in [1.82, 2.24) is 9.61 Å². The summed E-state index contributed by atoms with van der Waals surface area (Å²) >= 11 is 0. The average molecular weight is 230 g/mol. The Morgan fingerprint density at radius 3 is 2.41 bits per heavy atom. The summed E-state index contributed by atoms with van der Waals surface area (Å²) in [5, 5.41) is 4.25. The highest BCUT2D eigenvalue weighted by molar-refractivity contribution is 5.65. The van der Waals surface area contributed by atoms with Gasteiger partial charge in [-0.05, 0) is 30.3 Å². The van der Waals surface area contributed by atoms with E-state index in [0.717, 1.165) is 11.6 Å². The molecule has 4 heteroatoms. The molecule has 1 aromatic carbocycles. The quantitative estimate of drug-likeness (QED) is 0.627. The minimum atomic E-state index is -0.600. The lowest BCUT2D eigenvalue weighted by molar-refractivity contribution is 0.584. The molecule has 17 heavy (non-hydrogen) atoms. The van der Waals surface area contributed by atoms with Crippen molar-refractivity contribution in [2.45, 2.75) is 0 Å². The van der Waals surface area contributed by atoms with Crippen LogP contribution in [0.3, 0.4) is 0 Å². The fraction of sp³-hybridized carbons (Fsp3) is 0. The van der Waals surface area contributed by atoms with Crippen LogP contribution >= 0.6 is 0 Å². The van der Waals surface area contributed by atoms with Crippen LogP contribution in [0.2, 0.25) is 0 Å². The predicted octanol–water partition coefficient (Wildman–Crippen LogP) is 3.28. The molecule has 0 fully saturated rings. The van der Waals surface area contributed by atoms with Gasteiger partial charge in [0.1, 0.15) is 11.6 Å². The van der Waals surface area contributed by atoms with Crippen LogP contribution in [0.4, 0.5) is 8.78 Å². The molecule has 2 heterocycles. The summed E-state index contributed by atoms with van der Waals surface area (Å²) in [5.41, 5.74) is 1.87. The first-order chi connectivity index (χ1) is 8.22. The first kappa shape index (κ1) is 9.96. The summed E-state index contributed by atoms with van der Waals surface area (Å²) in [6, 6.07) is 10.8. The number of fused-ring (bicyclic) bond motifs is 1. The van der Waals surface area contributed by atoms with Crippen molar-refractivity contribution in [3.63, 3.8) is 0 Å². The number of hydrogen-bond acceptors (Lipinski definition) is 1. The Balaban J connectivity index is 2.20. The van der Waals surface area contributed by atoms with E-state index in [-0.39, 0.29) is 0 Å². The molecule has 2 aromatic heterocycles. The van der Waals surface area contributed by atoms with Gasteiger partial charge in [-0.15, -0.1) is 0 Å². The number of pyridine rings is 1. The smallest absolute Gasteiger partial charge is 0.126 e. The summed E-state index contributed by atoms with van der Waals surface area (Å²) < 4.78 is 27.9. The van der Waals surface area contributed by atoms with Crippen molar-refractivity contribution in [1.29, 1.82) is 0 Å². The lowest BCUT2D eigenvalue weighted by atomic mass is 10.1. The molecule has 0 bridgehead atoms. The van der Waals surface area contributed by atoms with Gasteiger partial charge in [-0.25, -0.2) is 13.3 Å². The van der Waals surface area contributed by atoms with Gasteiger partial charge in [0.05, 0.1) is 11.2 Å². The minimum absolute atomic E-state index is 0.436. The van der Waals surface area contributed by atoms with E-state index in [1.54, 1.807) is 16.8 Å². The van der Waals surface area contributed by atoms with Gasteiger partial charge in [-0.2, -0.15) is 5.10 Å². The summed E-state index contributed by atoms with van der Waals surface area (Å²) in [5.74, 6) is -1.20. The maximum atomic E-state index is 13.1. The molecule has 0 aliphatic heterocycles. The summed E-state index contributed by atoms with van der Waals surface area (Å²) in [7, 11) is 0.